The first-order valence-electron chi connectivity index (χ1n) is 5.66. The molecule has 1 aliphatic rings. The molecule has 0 aliphatic heterocycles. The van der Waals surface area contributed by atoms with E-state index in [9.17, 15) is 4.79 Å². The van der Waals surface area contributed by atoms with Crippen LogP contribution >= 0.6 is 22.7 Å². The topological polar surface area (TPSA) is 72.1 Å². The van der Waals surface area contributed by atoms with Crippen LogP contribution in [-0.4, -0.2) is 27.0 Å². The van der Waals surface area contributed by atoms with Crippen LogP contribution in [0.5, 0.6) is 0 Å². The number of carbonyl (C=O) groups is 1. The number of thiophene rings is 1. The SMILES string of the molecule is Nc1nnc(C(=O)N(Cc2cccs2)C2CC2)s1. The molecule has 1 amide bonds. The monoisotopic (exact) mass is 280 g/mol. The van der Waals surface area contributed by atoms with Gasteiger partial charge in [-0.05, 0) is 24.3 Å². The zero-order chi connectivity index (χ0) is 12.5. The van der Waals surface area contributed by atoms with Crippen LogP contribution in [0.2, 0.25) is 0 Å². The van der Waals surface area contributed by atoms with Crippen LogP contribution in [0.15, 0.2) is 17.5 Å². The molecule has 7 heteroatoms. The number of nitrogen functional groups attached to an aromatic ring is 1. The van der Waals surface area contributed by atoms with Gasteiger partial charge in [0.05, 0.1) is 6.54 Å². The van der Waals surface area contributed by atoms with Crippen molar-refractivity contribution in [2.75, 3.05) is 5.73 Å². The van der Waals surface area contributed by atoms with E-state index in [1.807, 2.05) is 22.4 Å². The molecule has 0 radical (unpaired) electrons. The van der Waals surface area contributed by atoms with Gasteiger partial charge in [0.25, 0.3) is 5.91 Å². The van der Waals surface area contributed by atoms with Gasteiger partial charge in [0, 0.05) is 10.9 Å². The molecule has 2 heterocycles. The summed E-state index contributed by atoms with van der Waals surface area (Å²) < 4.78 is 0. The summed E-state index contributed by atoms with van der Waals surface area (Å²) in [5, 5.41) is 10.3. The molecule has 1 saturated carbocycles. The van der Waals surface area contributed by atoms with E-state index in [0.29, 0.717) is 22.7 Å². The summed E-state index contributed by atoms with van der Waals surface area (Å²) in [6.45, 7) is 0.653. The lowest BCUT2D eigenvalue weighted by Gasteiger charge is -2.20. The van der Waals surface area contributed by atoms with E-state index >= 15 is 0 Å². The van der Waals surface area contributed by atoms with Crippen molar-refractivity contribution in [2.45, 2.75) is 25.4 Å². The highest BCUT2D eigenvalue weighted by atomic mass is 32.1. The summed E-state index contributed by atoms with van der Waals surface area (Å²) in [6, 6.07) is 4.39. The fraction of sp³-hybridized carbons (Fsp3) is 0.364. The molecule has 0 aromatic carbocycles. The zero-order valence-corrected chi connectivity index (χ0v) is 11.2. The minimum Gasteiger partial charge on any atom is -0.374 e. The van der Waals surface area contributed by atoms with Gasteiger partial charge in [-0.3, -0.25) is 4.79 Å². The smallest absolute Gasteiger partial charge is 0.285 e. The Morgan fingerprint density at radius 2 is 2.33 bits per heavy atom. The van der Waals surface area contributed by atoms with Crippen molar-refractivity contribution in [2.24, 2.45) is 0 Å². The highest BCUT2D eigenvalue weighted by Gasteiger charge is 2.34. The average Bonchev–Trinajstić information content (AvgIpc) is 2.88. The highest BCUT2D eigenvalue weighted by molar-refractivity contribution is 7.16. The number of hydrogen-bond donors (Lipinski definition) is 1. The predicted octanol–water partition coefficient (Wildman–Crippen LogP) is 1.99. The normalized spacial score (nSPS) is 14.7. The van der Waals surface area contributed by atoms with Crippen LogP contribution in [-0.2, 0) is 6.54 Å². The second kappa shape index (κ2) is 4.66. The zero-order valence-electron chi connectivity index (χ0n) is 9.57. The summed E-state index contributed by atoms with van der Waals surface area (Å²) in [5.41, 5.74) is 5.52. The molecular weight excluding hydrogens is 268 g/mol. The van der Waals surface area contributed by atoms with Crippen LogP contribution in [0.25, 0.3) is 0 Å². The molecule has 0 bridgehead atoms. The number of anilines is 1. The maximum Gasteiger partial charge on any atom is 0.285 e. The van der Waals surface area contributed by atoms with E-state index < -0.39 is 0 Å². The van der Waals surface area contributed by atoms with Crippen LogP contribution in [0, 0.1) is 0 Å². The Labute approximate surface area is 112 Å². The lowest BCUT2D eigenvalue weighted by molar-refractivity contribution is 0.0730. The molecule has 2 aromatic heterocycles. The Bertz CT molecular complexity index is 547. The third kappa shape index (κ3) is 2.37. The molecule has 0 spiro atoms. The van der Waals surface area contributed by atoms with Crippen molar-refractivity contribution in [3.8, 4) is 0 Å². The van der Waals surface area contributed by atoms with Gasteiger partial charge in [0.2, 0.25) is 10.1 Å². The number of amides is 1. The van der Waals surface area contributed by atoms with E-state index in [0.717, 1.165) is 24.2 Å². The van der Waals surface area contributed by atoms with Crippen LogP contribution < -0.4 is 5.73 Å². The van der Waals surface area contributed by atoms with E-state index in [2.05, 4.69) is 10.2 Å². The van der Waals surface area contributed by atoms with Gasteiger partial charge in [-0.2, -0.15) is 0 Å². The molecular formula is C11H12N4OS2. The summed E-state index contributed by atoms with van der Waals surface area (Å²) in [6.07, 6.45) is 2.15. The van der Waals surface area contributed by atoms with Crippen molar-refractivity contribution in [3.05, 3.63) is 27.4 Å². The predicted molar refractivity (Wildman–Crippen MR) is 71.5 cm³/mol. The Morgan fingerprint density at radius 1 is 1.50 bits per heavy atom. The molecule has 94 valence electrons. The maximum atomic E-state index is 12.3. The van der Waals surface area contributed by atoms with Crippen molar-refractivity contribution < 1.29 is 4.79 Å². The minimum absolute atomic E-state index is 0.0555. The Morgan fingerprint density at radius 3 is 2.89 bits per heavy atom. The van der Waals surface area contributed by atoms with Gasteiger partial charge in [0.1, 0.15) is 0 Å². The van der Waals surface area contributed by atoms with E-state index in [-0.39, 0.29) is 5.91 Å². The lowest BCUT2D eigenvalue weighted by atomic mass is 10.4. The second-order valence-electron chi connectivity index (χ2n) is 4.19. The Hall–Kier alpha value is -1.47. The first-order chi connectivity index (χ1) is 8.74. The van der Waals surface area contributed by atoms with Crippen molar-refractivity contribution >= 4 is 33.7 Å². The fourth-order valence-corrected chi connectivity index (χ4v) is 3.04. The molecule has 0 saturated heterocycles. The van der Waals surface area contributed by atoms with Crippen LogP contribution in [0.3, 0.4) is 0 Å². The standard InChI is InChI=1S/C11H12N4OS2/c12-11-14-13-9(18-11)10(16)15(7-3-4-7)6-8-2-1-5-17-8/h1-2,5,7H,3-4,6H2,(H2,12,14). The molecule has 5 nitrogen and oxygen atoms in total. The number of carbonyl (C=O) groups excluding carboxylic acids is 1. The summed E-state index contributed by atoms with van der Waals surface area (Å²) >= 11 is 2.81. The average molecular weight is 280 g/mol. The third-order valence-corrected chi connectivity index (χ3v) is 4.38. The molecule has 0 atom stereocenters. The molecule has 3 rings (SSSR count). The van der Waals surface area contributed by atoms with Gasteiger partial charge in [-0.1, -0.05) is 17.4 Å². The number of rotatable bonds is 4. The number of hydrogen-bond acceptors (Lipinski definition) is 6. The van der Waals surface area contributed by atoms with E-state index in [4.69, 9.17) is 5.73 Å². The number of nitrogens with two attached hydrogens (primary N) is 1. The largest absolute Gasteiger partial charge is 0.374 e. The quantitative estimate of drug-likeness (QED) is 0.929. The first kappa shape index (κ1) is 11.6. The fourth-order valence-electron chi connectivity index (χ4n) is 1.77. The minimum atomic E-state index is -0.0555. The Kier molecular flexibility index (Phi) is 3.00. The van der Waals surface area contributed by atoms with E-state index in [1.165, 1.54) is 4.88 Å². The summed E-state index contributed by atoms with van der Waals surface area (Å²) in [5.74, 6) is -0.0555. The maximum absolute atomic E-state index is 12.3. The molecule has 18 heavy (non-hydrogen) atoms. The van der Waals surface area contributed by atoms with Gasteiger partial charge in [-0.25, -0.2) is 0 Å². The molecule has 0 unspecified atom stereocenters. The molecule has 2 aromatic rings. The molecule has 1 aliphatic carbocycles. The molecule has 2 N–H and O–H groups in total. The molecule has 1 fully saturated rings. The van der Waals surface area contributed by atoms with Crippen LogP contribution in [0.1, 0.15) is 27.5 Å². The van der Waals surface area contributed by atoms with Gasteiger partial charge >= 0.3 is 0 Å². The van der Waals surface area contributed by atoms with Gasteiger partial charge < -0.3 is 10.6 Å². The number of aromatic nitrogens is 2. The van der Waals surface area contributed by atoms with Crippen molar-refractivity contribution in [1.29, 1.82) is 0 Å². The van der Waals surface area contributed by atoms with E-state index in [1.54, 1.807) is 11.3 Å². The number of nitrogens with zero attached hydrogens (tertiary/aromatic N) is 3. The lowest BCUT2D eigenvalue weighted by Crippen LogP contribution is -2.32. The second-order valence-corrected chi connectivity index (χ2v) is 6.23. The first-order valence-corrected chi connectivity index (χ1v) is 7.36. The van der Waals surface area contributed by atoms with Gasteiger partial charge in [-0.15, -0.1) is 21.5 Å². The van der Waals surface area contributed by atoms with Crippen LogP contribution in [0.4, 0.5) is 5.13 Å². The Balaban J connectivity index is 1.79. The third-order valence-electron chi connectivity index (χ3n) is 2.78. The van der Waals surface area contributed by atoms with Crippen molar-refractivity contribution in [1.82, 2.24) is 15.1 Å². The summed E-state index contributed by atoms with van der Waals surface area (Å²) in [4.78, 5) is 15.4. The van der Waals surface area contributed by atoms with Crippen molar-refractivity contribution in [3.63, 3.8) is 0 Å². The highest BCUT2D eigenvalue weighted by Crippen LogP contribution is 2.31. The summed E-state index contributed by atoms with van der Waals surface area (Å²) in [7, 11) is 0. The van der Waals surface area contributed by atoms with Gasteiger partial charge in [0.15, 0.2) is 0 Å².